The number of hydrogen-bond donors (Lipinski definition) is 1. The smallest absolute Gasteiger partial charge is 0.338 e. The molecule has 0 amide bonds. The van der Waals surface area contributed by atoms with Crippen LogP contribution in [0.25, 0.3) is 0 Å². The van der Waals surface area contributed by atoms with Crippen molar-refractivity contribution in [3.8, 4) is 0 Å². The molecule has 0 aliphatic rings. The Bertz CT molecular complexity index is 563. The van der Waals surface area contributed by atoms with Crippen molar-refractivity contribution < 1.29 is 17.7 Å². The molecule has 20 heavy (non-hydrogen) atoms. The summed E-state index contributed by atoms with van der Waals surface area (Å²) in [5, 5.41) is 3.76. The Morgan fingerprint density at radius 3 is 2.45 bits per heavy atom. The minimum absolute atomic E-state index is 0.304. The number of nitrogens with zero attached hydrogens (tertiary/aromatic N) is 2. The molecule has 2 aromatic rings. The summed E-state index contributed by atoms with van der Waals surface area (Å²) in [5.41, 5.74) is 5.75. The van der Waals surface area contributed by atoms with Gasteiger partial charge in [-0.25, -0.2) is 0 Å². The van der Waals surface area contributed by atoms with Crippen LogP contribution in [-0.4, -0.2) is 10.1 Å². The van der Waals surface area contributed by atoms with E-state index in [9.17, 15) is 13.2 Å². The molecule has 0 saturated carbocycles. The first-order valence-electron chi connectivity index (χ1n) is 6.14. The van der Waals surface area contributed by atoms with Crippen LogP contribution in [0.4, 0.5) is 13.2 Å². The molecule has 0 unspecified atom stereocenters. The van der Waals surface area contributed by atoms with Gasteiger partial charge < -0.3 is 10.3 Å². The summed E-state index contributed by atoms with van der Waals surface area (Å²) in [6, 6.07) is 4.56. The van der Waals surface area contributed by atoms with Crippen LogP contribution in [0.1, 0.15) is 42.2 Å². The predicted molar refractivity (Wildman–Crippen MR) is 65.8 cm³/mol. The quantitative estimate of drug-likeness (QED) is 0.937. The molecule has 1 heterocycles. The summed E-state index contributed by atoms with van der Waals surface area (Å²) in [4.78, 5) is 4.12. The molecule has 0 spiro atoms. The van der Waals surface area contributed by atoms with E-state index in [0.29, 0.717) is 30.1 Å². The zero-order valence-corrected chi connectivity index (χ0v) is 10.8. The van der Waals surface area contributed by atoms with Crippen molar-refractivity contribution in [2.24, 2.45) is 5.73 Å². The molecular formula is C13H14F3N3O. The van der Waals surface area contributed by atoms with E-state index in [1.165, 1.54) is 12.1 Å². The van der Waals surface area contributed by atoms with Crippen molar-refractivity contribution in [3.63, 3.8) is 0 Å². The fourth-order valence-corrected chi connectivity index (χ4v) is 1.66. The van der Waals surface area contributed by atoms with E-state index < -0.39 is 11.7 Å². The molecule has 0 bridgehead atoms. The van der Waals surface area contributed by atoms with E-state index >= 15 is 0 Å². The second kappa shape index (κ2) is 5.62. The highest BCUT2D eigenvalue weighted by molar-refractivity contribution is 5.26. The molecule has 7 heteroatoms. The van der Waals surface area contributed by atoms with E-state index in [4.69, 9.17) is 10.3 Å². The van der Waals surface area contributed by atoms with Crippen LogP contribution in [0, 0.1) is 0 Å². The highest BCUT2D eigenvalue weighted by Gasteiger charge is 2.29. The van der Waals surface area contributed by atoms with Crippen molar-refractivity contribution in [1.82, 2.24) is 10.1 Å². The topological polar surface area (TPSA) is 64.9 Å². The van der Waals surface area contributed by atoms with E-state index in [0.717, 1.165) is 12.1 Å². The number of hydrogen-bond acceptors (Lipinski definition) is 4. The molecule has 2 N–H and O–H groups in total. The van der Waals surface area contributed by atoms with E-state index in [-0.39, 0.29) is 6.04 Å². The van der Waals surface area contributed by atoms with Gasteiger partial charge in [-0.1, -0.05) is 24.2 Å². The summed E-state index contributed by atoms with van der Waals surface area (Å²) < 4.78 is 42.3. The van der Waals surface area contributed by atoms with E-state index in [1.807, 2.05) is 6.92 Å². The fourth-order valence-electron chi connectivity index (χ4n) is 1.66. The molecular weight excluding hydrogens is 271 g/mol. The SMILES string of the molecule is CC[C@H](N)c1nc(Cc2ccc(C(F)(F)F)cc2)no1. The second-order valence-corrected chi connectivity index (χ2v) is 4.44. The minimum atomic E-state index is -4.33. The highest BCUT2D eigenvalue weighted by Crippen LogP contribution is 2.29. The van der Waals surface area contributed by atoms with Crippen LogP contribution in [0.5, 0.6) is 0 Å². The largest absolute Gasteiger partial charge is 0.416 e. The van der Waals surface area contributed by atoms with Gasteiger partial charge in [-0.15, -0.1) is 0 Å². The maximum absolute atomic E-state index is 12.4. The predicted octanol–water partition coefficient (Wildman–Crippen LogP) is 3.09. The molecule has 0 fully saturated rings. The number of alkyl halides is 3. The number of nitrogens with two attached hydrogens (primary N) is 1. The van der Waals surface area contributed by atoms with Gasteiger partial charge in [-0.05, 0) is 24.1 Å². The number of rotatable bonds is 4. The van der Waals surface area contributed by atoms with Crippen LogP contribution in [0.3, 0.4) is 0 Å². The second-order valence-electron chi connectivity index (χ2n) is 4.44. The van der Waals surface area contributed by atoms with Crippen LogP contribution in [0.15, 0.2) is 28.8 Å². The lowest BCUT2D eigenvalue weighted by molar-refractivity contribution is -0.137. The normalized spacial score (nSPS) is 13.4. The molecule has 0 radical (unpaired) electrons. The molecule has 4 nitrogen and oxygen atoms in total. The lowest BCUT2D eigenvalue weighted by Gasteiger charge is -2.06. The number of halogens is 3. The van der Waals surface area contributed by atoms with Gasteiger partial charge in [0.15, 0.2) is 5.82 Å². The van der Waals surface area contributed by atoms with Crippen molar-refractivity contribution in [2.75, 3.05) is 0 Å². The standard InChI is InChI=1S/C13H14F3N3O/c1-2-10(17)12-18-11(19-20-12)7-8-3-5-9(6-4-8)13(14,15)16/h3-6,10H,2,7,17H2,1H3/t10-/m0/s1. The first-order chi connectivity index (χ1) is 9.40. The molecule has 1 atom stereocenters. The summed E-state index contributed by atoms with van der Waals surface area (Å²) in [7, 11) is 0. The van der Waals surface area contributed by atoms with Gasteiger partial charge in [0.05, 0.1) is 11.6 Å². The summed E-state index contributed by atoms with van der Waals surface area (Å²) >= 11 is 0. The average Bonchev–Trinajstić information content (AvgIpc) is 2.86. The summed E-state index contributed by atoms with van der Waals surface area (Å²) in [6.45, 7) is 1.89. The lowest BCUT2D eigenvalue weighted by atomic mass is 10.1. The van der Waals surface area contributed by atoms with Crippen molar-refractivity contribution in [2.45, 2.75) is 32.0 Å². The highest BCUT2D eigenvalue weighted by atomic mass is 19.4. The summed E-state index contributed by atoms with van der Waals surface area (Å²) in [6.07, 6.45) is -3.36. The molecule has 108 valence electrons. The molecule has 1 aromatic heterocycles. The number of aromatic nitrogens is 2. The monoisotopic (exact) mass is 285 g/mol. The average molecular weight is 285 g/mol. The third kappa shape index (κ3) is 3.36. The van der Waals surface area contributed by atoms with Gasteiger partial charge >= 0.3 is 6.18 Å². The molecule has 2 rings (SSSR count). The van der Waals surface area contributed by atoms with Gasteiger partial charge in [0.1, 0.15) is 0 Å². The third-order valence-corrected chi connectivity index (χ3v) is 2.88. The van der Waals surface area contributed by atoms with Crippen LogP contribution in [-0.2, 0) is 12.6 Å². The van der Waals surface area contributed by atoms with Crippen molar-refractivity contribution >= 4 is 0 Å². The van der Waals surface area contributed by atoms with Crippen LogP contribution < -0.4 is 5.73 Å². The minimum Gasteiger partial charge on any atom is -0.338 e. The Kier molecular flexibility index (Phi) is 4.08. The fraction of sp³-hybridized carbons (Fsp3) is 0.385. The van der Waals surface area contributed by atoms with Gasteiger partial charge in [0, 0.05) is 6.42 Å². The zero-order valence-electron chi connectivity index (χ0n) is 10.8. The van der Waals surface area contributed by atoms with Gasteiger partial charge in [-0.3, -0.25) is 0 Å². The van der Waals surface area contributed by atoms with Crippen LogP contribution >= 0.6 is 0 Å². The molecule has 1 aromatic carbocycles. The van der Waals surface area contributed by atoms with Gasteiger partial charge in [0.2, 0.25) is 5.89 Å². The first kappa shape index (κ1) is 14.5. The Morgan fingerprint density at radius 2 is 1.90 bits per heavy atom. The zero-order chi connectivity index (χ0) is 14.8. The molecule has 0 aliphatic carbocycles. The molecule has 0 saturated heterocycles. The lowest BCUT2D eigenvalue weighted by Crippen LogP contribution is -2.09. The van der Waals surface area contributed by atoms with Crippen molar-refractivity contribution in [1.29, 1.82) is 0 Å². The van der Waals surface area contributed by atoms with Gasteiger partial charge in [0.25, 0.3) is 0 Å². The van der Waals surface area contributed by atoms with E-state index in [1.54, 1.807) is 0 Å². The maximum Gasteiger partial charge on any atom is 0.416 e. The summed E-state index contributed by atoms with van der Waals surface area (Å²) in [5.74, 6) is 0.748. The first-order valence-corrected chi connectivity index (χ1v) is 6.14. The third-order valence-electron chi connectivity index (χ3n) is 2.88. The van der Waals surface area contributed by atoms with Crippen LogP contribution in [0.2, 0.25) is 0 Å². The van der Waals surface area contributed by atoms with Gasteiger partial charge in [-0.2, -0.15) is 18.2 Å². The Balaban J connectivity index is 2.08. The van der Waals surface area contributed by atoms with Crippen molar-refractivity contribution in [3.05, 3.63) is 47.1 Å². The molecule has 0 aliphatic heterocycles. The Morgan fingerprint density at radius 1 is 1.25 bits per heavy atom. The Hall–Kier alpha value is -1.89. The van der Waals surface area contributed by atoms with E-state index in [2.05, 4.69) is 10.1 Å². The number of benzene rings is 1. The Labute approximate surface area is 113 Å². The maximum atomic E-state index is 12.4.